The quantitative estimate of drug-likeness (QED) is 0.191. The Morgan fingerprint density at radius 2 is 1.06 bits per heavy atom. The van der Waals surface area contributed by atoms with Crippen LogP contribution >= 0.6 is 22.7 Å². The molecule has 0 amide bonds. The Balaban J connectivity index is 1.23. The van der Waals surface area contributed by atoms with Crippen LogP contribution in [0.15, 0.2) is 152 Å². The largest absolute Gasteiger partial charge is 0.246 e. The van der Waals surface area contributed by atoms with Gasteiger partial charge in [0.2, 0.25) is 0 Å². The third-order valence-electron chi connectivity index (χ3n) is 9.09. The van der Waals surface area contributed by atoms with Crippen LogP contribution in [0.4, 0.5) is 0 Å². The van der Waals surface area contributed by atoms with E-state index < -0.39 is 0 Å². The summed E-state index contributed by atoms with van der Waals surface area (Å²) in [6.07, 6.45) is 0. The fourth-order valence-electron chi connectivity index (χ4n) is 6.83. The Bertz CT molecular complexity index is 2840. The summed E-state index contributed by atoms with van der Waals surface area (Å²) in [6.45, 7) is 0. The molecular formula is C43H25N3S2. The van der Waals surface area contributed by atoms with E-state index in [2.05, 4.69) is 133 Å². The third-order valence-corrected chi connectivity index (χ3v) is 11.5. The number of para-hydroxylation sites is 1. The molecule has 0 atom stereocenters. The van der Waals surface area contributed by atoms with Crippen LogP contribution in [0.3, 0.4) is 0 Å². The second kappa shape index (κ2) is 10.9. The first-order chi connectivity index (χ1) is 23.8. The SMILES string of the molecule is c1ccc(-c2nc(-c3ccc4sc5c(-c6ccccc6)nc6ccccc6c5c4c3)cc(-c3cccc4c3sc3ccccc34)n2)cc1. The van der Waals surface area contributed by atoms with Crippen LogP contribution in [-0.2, 0) is 0 Å². The van der Waals surface area contributed by atoms with Gasteiger partial charge in [0, 0.05) is 63.3 Å². The molecule has 10 aromatic rings. The van der Waals surface area contributed by atoms with Crippen molar-refractivity contribution in [3.05, 3.63) is 152 Å². The lowest BCUT2D eigenvalue weighted by Gasteiger charge is -2.11. The first kappa shape index (κ1) is 27.4. The average molecular weight is 648 g/mol. The highest BCUT2D eigenvalue weighted by Gasteiger charge is 2.19. The second-order valence-electron chi connectivity index (χ2n) is 12.0. The van der Waals surface area contributed by atoms with Crippen molar-refractivity contribution in [3.63, 3.8) is 0 Å². The van der Waals surface area contributed by atoms with E-state index in [9.17, 15) is 0 Å². The van der Waals surface area contributed by atoms with Crippen LogP contribution in [0.2, 0.25) is 0 Å². The number of rotatable bonds is 4. The lowest BCUT2D eigenvalue weighted by molar-refractivity contribution is 1.19. The Labute approximate surface area is 284 Å². The minimum absolute atomic E-state index is 0.720. The molecule has 48 heavy (non-hydrogen) atoms. The number of nitrogens with zero attached hydrogens (tertiary/aromatic N) is 3. The van der Waals surface area contributed by atoms with Crippen molar-refractivity contribution >= 4 is 73.9 Å². The molecule has 5 heteroatoms. The van der Waals surface area contributed by atoms with Gasteiger partial charge in [-0.2, -0.15) is 0 Å². The molecule has 0 aliphatic carbocycles. The molecule has 6 aromatic carbocycles. The first-order valence-corrected chi connectivity index (χ1v) is 17.6. The fraction of sp³-hybridized carbons (Fsp3) is 0. The van der Waals surface area contributed by atoms with E-state index in [1.54, 1.807) is 0 Å². The number of benzene rings is 6. The van der Waals surface area contributed by atoms with E-state index >= 15 is 0 Å². The lowest BCUT2D eigenvalue weighted by atomic mass is 10.0. The zero-order valence-electron chi connectivity index (χ0n) is 25.6. The van der Waals surface area contributed by atoms with Crippen molar-refractivity contribution in [2.45, 2.75) is 0 Å². The molecule has 4 heterocycles. The summed E-state index contributed by atoms with van der Waals surface area (Å²) in [6, 6.07) is 53.4. The van der Waals surface area contributed by atoms with Gasteiger partial charge in [-0.1, -0.05) is 121 Å². The molecule has 0 saturated carbocycles. The molecule has 3 nitrogen and oxygen atoms in total. The molecule has 224 valence electrons. The number of hydrogen-bond acceptors (Lipinski definition) is 5. The molecule has 0 fully saturated rings. The average Bonchev–Trinajstić information content (AvgIpc) is 3.74. The van der Waals surface area contributed by atoms with Gasteiger partial charge in [0.15, 0.2) is 5.82 Å². The highest BCUT2D eigenvalue weighted by Crippen LogP contribution is 2.45. The highest BCUT2D eigenvalue weighted by atomic mass is 32.1. The summed E-state index contributed by atoms with van der Waals surface area (Å²) in [5.41, 5.74) is 8.17. The molecule has 0 aliphatic heterocycles. The van der Waals surface area contributed by atoms with Crippen molar-refractivity contribution in [2.24, 2.45) is 0 Å². The molecule has 4 aromatic heterocycles. The van der Waals surface area contributed by atoms with Crippen molar-refractivity contribution in [1.29, 1.82) is 0 Å². The zero-order valence-corrected chi connectivity index (χ0v) is 27.2. The molecule has 0 N–H and O–H groups in total. The molecule has 0 saturated heterocycles. The Kier molecular flexibility index (Phi) is 6.22. The van der Waals surface area contributed by atoms with Crippen LogP contribution in [0.25, 0.3) is 96.4 Å². The topological polar surface area (TPSA) is 38.7 Å². The molecular weight excluding hydrogens is 623 g/mol. The van der Waals surface area contributed by atoms with Gasteiger partial charge in [0.25, 0.3) is 0 Å². The van der Waals surface area contributed by atoms with E-state index in [1.807, 2.05) is 40.9 Å². The molecule has 0 bridgehead atoms. The van der Waals surface area contributed by atoms with Gasteiger partial charge in [-0.3, -0.25) is 0 Å². The summed E-state index contributed by atoms with van der Waals surface area (Å²) in [5, 5.41) is 6.17. The van der Waals surface area contributed by atoms with Gasteiger partial charge in [-0.05, 0) is 30.3 Å². The number of fused-ring (bicyclic) bond motifs is 8. The van der Waals surface area contributed by atoms with Crippen LogP contribution in [0.1, 0.15) is 0 Å². The van der Waals surface area contributed by atoms with Gasteiger partial charge in [-0.25, -0.2) is 15.0 Å². The zero-order chi connectivity index (χ0) is 31.6. The van der Waals surface area contributed by atoms with Gasteiger partial charge in [-0.15, -0.1) is 22.7 Å². The smallest absolute Gasteiger partial charge is 0.160 e. The molecule has 0 aliphatic rings. The predicted octanol–water partition coefficient (Wildman–Crippen LogP) is 12.4. The summed E-state index contributed by atoms with van der Waals surface area (Å²) in [5.74, 6) is 0.720. The second-order valence-corrected chi connectivity index (χ2v) is 14.1. The van der Waals surface area contributed by atoms with Crippen LogP contribution in [0.5, 0.6) is 0 Å². The number of aromatic nitrogens is 3. The van der Waals surface area contributed by atoms with Crippen LogP contribution in [-0.4, -0.2) is 15.0 Å². The maximum atomic E-state index is 5.20. The Morgan fingerprint density at radius 3 is 1.92 bits per heavy atom. The van der Waals surface area contributed by atoms with Crippen LogP contribution in [0, 0.1) is 0 Å². The molecule has 0 spiro atoms. The minimum atomic E-state index is 0.720. The van der Waals surface area contributed by atoms with E-state index in [-0.39, 0.29) is 0 Å². The van der Waals surface area contributed by atoms with Crippen molar-refractivity contribution < 1.29 is 0 Å². The maximum absolute atomic E-state index is 5.20. The summed E-state index contributed by atoms with van der Waals surface area (Å²) < 4.78 is 4.96. The lowest BCUT2D eigenvalue weighted by Crippen LogP contribution is -1.96. The van der Waals surface area contributed by atoms with E-state index in [1.165, 1.54) is 45.7 Å². The number of thiophene rings is 2. The van der Waals surface area contributed by atoms with E-state index in [0.717, 1.165) is 50.7 Å². The minimum Gasteiger partial charge on any atom is -0.246 e. The van der Waals surface area contributed by atoms with Gasteiger partial charge in [0.05, 0.1) is 27.3 Å². The Morgan fingerprint density at radius 1 is 0.396 bits per heavy atom. The van der Waals surface area contributed by atoms with E-state index in [0.29, 0.717) is 0 Å². The first-order valence-electron chi connectivity index (χ1n) is 15.9. The van der Waals surface area contributed by atoms with Crippen molar-refractivity contribution in [1.82, 2.24) is 15.0 Å². The van der Waals surface area contributed by atoms with Crippen LogP contribution < -0.4 is 0 Å². The standard InChI is InChI=1S/C43H25N3S2/c1-3-12-26(13-4-1)40-42-39(31-17-7-9-20-34(31)44-40)33-24-28(22-23-38(33)48-42)35-25-36(46-43(45-35)27-14-5-2-6-15-27)32-19-11-18-30-29-16-8-10-21-37(29)47-41(30)32/h1-25H. The van der Waals surface area contributed by atoms with E-state index in [4.69, 9.17) is 15.0 Å². The summed E-state index contributed by atoms with van der Waals surface area (Å²) in [7, 11) is 0. The number of hydrogen-bond donors (Lipinski definition) is 0. The number of pyridine rings is 1. The van der Waals surface area contributed by atoms with Crippen molar-refractivity contribution in [3.8, 4) is 45.2 Å². The molecule has 0 unspecified atom stereocenters. The monoisotopic (exact) mass is 647 g/mol. The maximum Gasteiger partial charge on any atom is 0.160 e. The van der Waals surface area contributed by atoms with Gasteiger partial charge >= 0.3 is 0 Å². The summed E-state index contributed by atoms with van der Waals surface area (Å²) in [4.78, 5) is 15.6. The Hall–Kier alpha value is -5.75. The van der Waals surface area contributed by atoms with Crippen molar-refractivity contribution in [2.75, 3.05) is 0 Å². The van der Waals surface area contributed by atoms with Gasteiger partial charge in [0.1, 0.15) is 0 Å². The van der Waals surface area contributed by atoms with Gasteiger partial charge < -0.3 is 0 Å². The fourth-order valence-corrected chi connectivity index (χ4v) is 9.27. The predicted molar refractivity (Wildman–Crippen MR) is 205 cm³/mol. The normalized spacial score (nSPS) is 11.8. The third kappa shape index (κ3) is 4.36. The highest BCUT2D eigenvalue weighted by molar-refractivity contribution is 7.26. The summed E-state index contributed by atoms with van der Waals surface area (Å²) >= 11 is 3.64. The molecule has 10 rings (SSSR count). The molecule has 0 radical (unpaired) electrons.